The summed E-state index contributed by atoms with van der Waals surface area (Å²) in [4.78, 5) is 26.9. The maximum atomic E-state index is 13.0. The van der Waals surface area contributed by atoms with E-state index >= 15 is 0 Å². The summed E-state index contributed by atoms with van der Waals surface area (Å²) in [6, 6.07) is 14.0. The van der Waals surface area contributed by atoms with E-state index in [1.807, 2.05) is 63.2 Å². The number of rotatable bonds is 12. The van der Waals surface area contributed by atoms with Crippen molar-refractivity contribution in [2.24, 2.45) is 11.7 Å². The topological polar surface area (TPSA) is 122 Å². The zero-order valence-electron chi connectivity index (χ0n) is 19.6. The molecule has 0 saturated heterocycles. The van der Waals surface area contributed by atoms with E-state index in [9.17, 15) is 18.0 Å². The Hall–Kier alpha value is -2.91. The molecule has 9 heteroatoms. The van der Waals surface area contributed by atoms with Gasteiger partial charge in [0.25, 0.3) is 0 Å². The number of aryl methyl sites for hydroxylation is 1. The summed E-state index contributed by atoms with van der Waals surface area (Å²) in [5, 5.41) is 2.64. The highest BCUT2D eigenvalue weighted by atomic mass is 32.2. The Bertz CT molecular complexity index is 1020. The summed E-state index contributed by atoms with van der Waals surface area (Å²) in [7, 11) is -0.232. The van der Waals surface area contributed by atoms with Crippen molar-refractivity contribution in [3.05, 3.63) is 60.2 Å². The van der Waals surface area contributed by atoms with Crippen LogP contribution in [-0.4, -0.2) is 46.4 Å². The molecule has 0 unspecified atom stereocenters. The number of nitrogens with one attached hydrogen (secondary N) is 2. The first kappa shape index (κ1) is 26.3. The molecule has 0 aromatic heterocycles. The van der Waals surface area contributed by atoms with E-state index in [1.54, 1.807) is 12.1 Å². The van der Waals surface area contributed by atoms with Crippen LogP contribution in [0.4, 0.5) is 5.69 Å². The van der Waals surface area contributed by atoms with E-state index in [1.165, 1.54) is 12.1 Å². The molecule has 0 saturated carbocycles. The minimum Gasteiger partial charge on any atom is -0.378 e. The van der Waals surface area contributed by atoms with E-state index < -0.39 is 33.9 Å². The van der Waals surface area contributed by atoms with E-state index in [2.05, 4.69) is 10.0 Å². The average molecular weight is 475 g/mol. The molecule has 0 radical (unpaired) electrons. The van der Waals surface area contributed by atoms with Crippen molar-refractivity contribution in [2.45, 2.75) is 50.1 Å². The molecule has 4 N–H and O–H groups in total. The number of hydrogen-bond acceptors (Lipinski definition) is 5. The van der Waals surface area contributed by atoms with Crippen LogP contribution in [0, 0.1) is 5.92 Å². The van der Waals surface area contributed by atoms with Gasteiger partial charge in [0, 0.05) is 19.8 Å². The van der Waals surface area contributed by atoms with Crippen LogP contribution in [0.5, 0.6) is 0 Å². The summed E-state index contributed by atoms with van der Waals surface area (Å²) in [5.74, 6) is -1.20. The number of primary amides is 1. The van der Waals surface area contributed by atoms with Crippen LogP contribution in [-0.2, 0) is 26.0 Å². The summed E-state index contributed by atoms with van der Waals surface area (Å²) in [5.41, 5.74) is 7.38. The number of anilines is 1. The van der Waals surface area contributed by atoms with Gasteiger partial charge in [0.05, 0.1) is 4.90 Å². The number of benzene rings is 2. The first-order chi connectivity index (χ1) is 15.5. The molecule has 0 aliphatic heterocycles. The highest BCUT2D eigenvalue weighted by molar-refractivity contribution is 7.89. The average Bonchev–Trinajstić information content (AvgIpc) is 2.76. The van der Waals surface area contributed by atoms with Crippen LogP contribution in [0.15, 0.2) is 59.5 Å². The predicted molar refractivity (Wildman–Crippen MR) is 130 cm³/mol. The van der Waals surface area contributed by atoms with Gasteiger partial charge < -0.3 is 16.0 Å². The molecule has 2 aromatic rings. The molecule has 0 heterocycles. The Morgan fingerprint density at radius 3 is 2.09 bits per heavy atom. The molecule has 2 amide bonds. The molecule has 0 aliphatic rings. The highest BCUT2D eigenvalue weighted by Crippen LogP contribution is 2.17. The number of carbonyl (C=O) groups excluding carboxylic acids is 2. The van der Waals surface area contributed by atoms with Crippen LogP contribution in [0.2, 0.25) is 0 Å². The third-order valence-corrected chi connectivity index (χ3v) is 6.70. The summed E-state index contributed by atoms with van der Waals surface area (Å²) in [6.45, 7) is 3.78. The second-order valence-electron chi connectivity index (χ2n) is 8.68. The lowest BCUT2D eigenvalue weighted by Gasteiger charge is -2.23. The minimum atomic E-state index is -3.95. The number of hydrogen-bond donors (Lipinski definition) is 3. The maximum absolute atomic E-state index is 13.0. The smallest absolute Gasteiger partial charge is 0.241 e. The van der Waals surface area contributed by atoms with Gasteiger partial charge in [0.2, 0.25) is 21.8 Å². The van der Waals surface area contributed by atoms with Gasteiger partial charge in [-0.15, -0.1) is 0 Å². The maximum Gasteiger partial charge on any atom is 0.241 e. The van der Waals surface area contributed by atoms with Crippen molar-refractivity contribution in [3.63, 3.8) is 0 Å². The number of amides is 2. The molecule has 2 aromatic carbocycles. The molecule has 180 valence electrons. The Kier molecular flexibility index (Phi) is 9.43. The summed E-state index contributed by atoms with van der Waals surface area (Å²) >= 11 is 0. The molecule has 0 spiro atoms. The normalized spacial score (nSPS) is 13.4. The van der Waals surface area contributed by atoms with Crippen molar-refractivity contribution in [1.82, 2.24) is 10.0 Å². The molecule has 0 bridgehead atoms. The van der Waals surface area contributed by atoms with Crippen molar-refractivity contribution in [2.75, 3.05) is 19.0 Å². The number of sulfonamides is 1. The summed E-state index contributed by atoms with van der Waals surface area (Å²) < 4.78 is 28.4. The second kappa shape index (κ2) is 11.8. The van der Waals surface area contributed by atoms with E-state index in [0.29, 0.717) is 12.8 Å². The van der Waals surface area contributed by atoms with Gasteiger partial charge in [-0.25, -0.2) is 8.42 Å². The van der Waals surface area contributed by atoms with Crippen molar-refractivity contribution < 1.29 is 18.0 Å². The fourth-order valence-corrected chi connectivity index (χ4v) is 4.58. The number of carbonyl (C=O) groups is 2. The summed E-state index contributed by atoms with van der Waals surface area (Å²) in [6.07, 6.45) is 1.14. The van der Waals surface area contributed by atoms with E-state index in [0.717, 1.165) is 11.3 Å². The molecule has 2 rings (SSSR count). The van der Waals surface area contributed by atoms with Gasteiger partial charge in [-0.1, -0.05) is 44.2 Å². The molecule has 0 fully saturated rings. The molecule has 8 nitrogen and oxygen atoms in total. The monoisotopic (exact) mass is 474 g/mol. The first-order valence-corrected chi connectivity index (χ1v) is 12.4. The minimum absolute atomic E-state index is 0.0379. The molecule has 2 atom stereocenters. The van der Waals surface area contributed by atoms with Gasteiger partial charge in [0.15, 0.2) is 0 Å². The molecular weight excluding hydrogens is 440 g/mol. The molecule has 33 heavy (non-hydrogen) atoms. The molecular formula is C24H34N4O4S. The van der Waals surface area contributed by atoms with Crippen molar-refractivity contribution in [1.29, 1.82) is 0 Å². The zero-order chi connectivity index (χ0) is 24.6. The SMILES string of the molecule is CC(C)C[C@H](NS(=O)(=O)c1ccc(N(C)C)cc1)C(=O)N[C@@H](CCc1ccccc1)C(N)=O. The standard InChI is InChI=1S/C24H34N4O4S/c1-17(2)16-22(27-33(31,32)20-13-11-19(12-14-20)28(3)4)24(30)26-21(23(25)29)15-10-18-8-6-5-7-9-18/h5-9,11-14,17,21-22,27H,10,15-16H2,1-4H3,(H2,25,29)(H,26,30)/t21-,22-/m0/s1. The second-order valence-corrected chi connectivity index (χ2v) is 10.4. The largest absolute Gasteiger partial charge is 0.378 e. The Balaban J connectivity index is 2.14. The lowest BCUT2D eigenvalue weighted by molar-refractivity contribution is -0.128. The lowest BCUT2D eigenvalue weighted by atomic mass is 10.0. The zero-order valence-corrected chi connectivity index (χ0v) is 20.4. The van der Waals surface area contributed by atoms with Crippen LogP contribution >= 0.6 is 0 Å². The van der Waals surface area contributed by atoms with E-state index in [4.69, 9.17) is 5.73 Å². The highest BCUT2D eigenvalue weighted by Gasteiger charge is 2.29. The van der Waals surface area contributed by atoms with Crippen LogP contribution < -0.4 is 20.7 Å². The van der Waals surface area contributed by atoms with Crippen LogP contribution in [0.25, 0.3) is 0 Å². The Morgan fingerprint density at radius 2 is 1.58 bits per heavy atom. The van der Waals surface area contributed by atoms with E-state index in [-0.39, 0.29) is 17.2 Å². The number of nitrogens with zero attached hydrogens (tertiary/aromatic N) is 1. The van der Waals surface area contributed by atoms with Crippen molar-refractivity contribution in [3.8, 4) is 0 Å². The van der Waals surface area contributed by atoms with Crippen molar-refractivity contribution >= 4 is 27.5 Å². The van der Waals surface area contributed by atoms with Crippen LogP contribution in [0.1, 0.15) is 32.3 Å². The first-order valence-electron chi connectivity index (χ1n) is 10.9. The van der Waals surface area contributed by atoms with Gasteiger partial charge >= 0.3 is 0 Å². The van der Waals surface area contributed by atoms with Gasteiger partial charge in [-0.2, -0.15) is 4.72 Å². The van der Waals surface area contributed by atoms with Gasteiger partial charge in [-0.3, -0.25) is 9.59 Å². The fourth-order valence-electron chi connectivity index (χ4n) is 3.37. The Morgan fingerprint density at radius 1 is 0.970 bits per heavy atom. The predicted octanol–water partition coefficient (Wildman–Crippen LogP) is 2.05. The third kappa shape index (κ3) is 8.18. The molecule has 0 aliphatic carbocycles. The van der Waals surface area contributed by atoms with Gasteiger partial charge in [0.1, 0.15) is 12.1 Å². The lowest BCUT2D eigenvalue weighted by Crippen LogP contribution is -2.53. The fraction of sp³-hybridized carbons (Fsp3) is 0.417. The number of nitrogens with two attached hydrogens (primary N) is 1. The van der Waals surface area contributed by atoms with Gasteiger partial charge in [-0.05, 0) is 55.0 Å². The third-order valence-electron chi connectivity index (χ3n) is 5.21. The van der Waals surface area contributed by atoms with Crippen LogP contribution in [0.3, 0.4) is 0 Å². The Labute approximate surface area is 196 Å². The quantitative estimate of drug-likeness (QED) is 0.435.